The molecule has 0 aliphatic carbocycles. The first-order valence-corrected chi connectivity index (χ1v) is 14.9. The van der Waals surface area contributed by atoms with Crippen molar-refractivity contribution in [2.75, 3.05) is 11.4 Å². The molecule has 1 aliphatic heterocycles. The number of nitrogens with one attached hydrogen (secondary N) is 1. The molecule has 12 heteroatoms. The number of anilines is 1. The van der Waals surface area contributed by atoms with E-state index in [2.05, 4.69) is 52.8 Å². The van der Waals surface area contributed by atoms with Crippen LogP contribution in [0.5, 0.6) is 5.75 Å². The molecule has 3 aromatic carbocycles. The number of ether oxygens (including phenoxy) is 1. The molecule has 1 aromatic heterocycles. The average molecular weight is 633 g/mol. The first-order valence-electron chi connectivity index (χ1n) is 14.9. The predicted molar refractivity (Wildman–Crippen MR) is 169 cm³/mol. The van der Waals surface area contributed by atoms with Crippen LogP contribution in [0.15, 0.2) is 84.1 Å². The van der Waals surface area contributed by atoms with Crippen LogP contribution in [0.2, 0.25) is 0 Å². The lowest BCUT2D eigenvalue weighted by atomic mass is 9.81. The Hall–Kier alpha value is -5.00. The molecule has 0 fully saturated rings. The first-order chi connectivity index (χ1) is 21.8. The summed E-state index contributed by atoms with van der Waals surface area (Å²) in [5.41, 5.74) is 3.94. The number of aromatic nitrogens is 3. The molecule has 46 heavy (non-hydrogen) atoms. The summed E-state index contributed by atoms with van der Waals surface area (Å²) in [7, 11) is 0. The standard InChI is InChI=1S/C34H35F3N6O3/c1-22(2)27-7-5-6-8-28(27)43-30(45)20-38-32(43)40-29(44)17-18-33(3,4)19-23-9-11-24(12-10-23)31-39-21-42(41-31)25-13-15-26(16-14-25)46-34(35,36)37/h5-16,21-22H,17-20H2,1-4H3,(H,38,40,44). The minimum Gasteiger partial charge on any atom is -0.406 e. The van der Waals surface area contributed by atoms with Crippen molar-refractivity contribution in [3.05, 3.63) is 90.3 Å². The van der Waals surface area contributed by atoms with Crippen molar-refractivity contribution in [2.24, 2.45) is 10.4 Å². The van der Waals surface area contributed by atoms with Crippen molar-refractivity contribution in [2.45, 2.75) is 59.2 Å². The van der Waals surface area contributed by atoms with Crippen molar-refractivity contribution in [1.29, 1.82) is 0 Å². The van der Waals surface area contributed by atoms with Gasteiger partial charge in [-0.05, 0) is 65.6 Å². The highest BCUT2D eigenvalue weighted by Crippen LogP contribution is 2.31. The van der Waals surface area contributed by atoms with Crippen molar-refractivity contribution in [3.63, 3.8) is 0 Å². The molecule has 1 aliphatic rings. The summed E-state index contributed by atoms with van der Waals surface area (Å²) >= 11 is 0. The summed E-state index contributed by atoms with van der Waals surface area (Å²) in [4.78, 5) is 35.8. The molecular weight excluding hydrogens is 597 g/mol. The van der Waals surface area contributed by atoms with Gasteiger partial charge in [0, 0.05) is 12.0 Å². The Labute approximate surface area is 265 Å². The highest BCUT2D eigenvalue weighted by Gasteiger charge is 2.32. The Kier molecular flexibility index (Phi) is 9.27. The van der Waals surface area contributed by atoms with Crippen LogP contribution in [-0.2, 0) is 16.0 Å². The van der Waals surface area contributed by atoms with E-state index in [4.69, 9.17) is 0 Å². The highest BCUT2D eigenvalue weighted by atomic mass is 19.4. The Morgan fingerprint density at radius 3 is 2.37 bits per heavy atom. The molecule has 5 rings (SSSR count). The molecule has 9 nitrogen and oxygen atoms in total. The third kappa shape index (κ3) is 7.98. The molecule has 0 bridgehead atoms. The fourth-order valence-corrected chi connectivity index (χ4v) is 5.30. The van der Waals surface area contributed by atoms with Gasteiger partial charge in [0.15, 0.2) is 5.82 Å². The fourth-order valence-electron chi connectivity index (χ4n) is 5.30. The third-order valence-electron chi connectivity index (χ3n) is 7.63. The fraction of sp³-hybridized carbons (Fsp3) is 0.324. The van der Waals surface area contributed by atoms with Gasteiger partial charge in [-0.15, -0.1) is 18.3 Å². The Morgan fingerprint density at radius 1 is 1.00 bits per heavy atom. The van der Waals surface area contributed by atoms with Gasteiger partial charge in [-0.1, -0.05) is 70.2 Å². The number of hydrogen-bond donors (Lipinski definition) is 1. The number of carbonyl (C=O) groups excluding carboxylic acids is 2. The smallest absolute Gasteiger partial charge is 0.406 e. The van der Waals surface area contributed by atoms with Crippen molar-refractivity contribution in [1.82, 2.24) is 20.1 Å². The van der Waals surface area contributed by atoms with Crippen LogP contribution in [0.3, 0.4) is 0 Å². The van der Waals surface area contributed by atoms with E-state index < -0.39 is 6.36 Å². The molecular formula is C34H35F3N6O3. The minimum absolute atomic E-state index is 0.00676. The van der Waals surface area contributed by atoms with Crippen LogP contribution in [0, 0.1) is 5.41 Å². The molecule has 2 heterocycles. The van der Waals surface area contributed by atoms with Gasteiger partial charge in [0.2, 0.25) is 11.9 Å². The lowest BCUT2D eigenvalue weighted by Crippen LogP contribution is -2.44. The number of para-hydroxylation sites is 1. The van der Waals surface area contributed by atoms with Crippen LogP contribution in [0.4, 0.5) is 18.9 Å². The minimum atomic E-state index is -4.76. The van der Waals surface area contributed by atoms with E-state index in [1.807, 2.05) is 48.5 Å². The van der Waals surface area contributed by atoms with Crippen molar-refractivity contribution in [3.8, 4) is 22.8 Å². The average Bonchev–Trinajstić information content (AvgIpc) is 3.63. The van der Waals surface area contributed by atoms with Gasteiger partial charge in [0.1, 0.15) is 18.6 Å². The number of hydrogen-bond acceptors (Lipinski definition) is 6. The zero-order valence-corrected chi connectivity index (χ0v) is 26.0. The van der Waals surface area contributed by atoms with Crippen LogP contribution >= 0.6 is 0 Å². The van der Waals surface area contributed by atoms with Crippen LogP contribution in [0.1, 0.15) is 57.6 Å². The van der Waals surface area contributed by atoms with E-state index in [9.17, 15) is 22.8 Å². The summed E-state index contributed by atoms with van der Waals surface area (Å²) in [6.07, 6.45) is -1.66. The molecule has 0 saturated carbocycles. The van der Waals surface area contributed by atoms with Crippen molar-refractivity contribution >= 4 is 23.5 Å². The summed E-state index contributed by atoms with van der Waals surface area (Å²) in [6, 6.07) is 20.8. The Morgan fingerprint density at radius 2 is 1.70 bits per heavy atom. The largest absolute Gasteiger partial charge is 0.573 e. The number of alkyl halides is 3. The van der Waals surface area contributed by atoms with Gasteiger partial charge in [-0.2, -0.15) is 0 Å². The number of aliphatic imine (C=N–C) groups is 1. The van der Waals surface area contributed by atoms with E-state index in [1.54, 1.807) is 0 Å². The number of rotatable bonds is 10. The maximum absolute atomic E-state index is 13.0. The highest BCUT2D eigenvalue weighted by molar-refractivity contribution is 6.23. The summed E-state index contributed by atoms with van der Waals surface area (Å²) < 4.78 is 42.7. The maximum atomic E-state index is 13.0. The van der Waals surface area contributed by atoms with E-state index >= 15 is 0 Å². The molecule has 0 unspecified atom stereocenters. The van der Waals surface area contributed by atoms with Gasteiger partial charge in [-0.25, -0.2) is 19.6 Å². The number of guanidine groups is 1. The van der Waals surface area contributed by atoms with Gasteiger partial charge < -0.3 is 4.74 Å². The van der Waals surface area contributed by atoms with Gasteiger partial charge >= 0.3 is 6.36 Å². The number of amides is 2. The molecule has 240 valence electrons. The summed E-state index contributed by atoms with van der Waals surface area (Å²) in [6.45, 7) is 8.31. The number of carbonyl (C=O) groups is 2. The summed E-state index contributed by atoms with van der Waals surface area (Å²) in [5.74, 6) is 0.235. The van der Waals surface area contributed by atoms with E-state index in [1.165, 1.54) is 40.2 Å². The lowest BCUT2D eigenvalue weighted by Gasteiger charge is -2.26. The van der Waals surface area contributed by atoms with E-state index in [0.717, 1.165) is 28.8 Å². The molecule has 1 N–H and O–H groups in total. The Bertz CT molecular complexity index is 1730. The molecule has 0 saturated heterocycles. The molecule has 2 amide bonds. The van der Waals surface area contributed by atoms with E-state index in [-0.39, 0.29) is 47.8 Å². The van der Waals surface area contributed by atoms with Crippen LogP contribution < -0.4 is 15.0 Å². The number of nitrogens with zero attached hydrogens (tertiary/aromatic N) is 5. The second-order valence-corrected chi connectivity index (χ2v) is 12.2. The quantitative estimate of drug-likeness (QED) is 0.207. The zero-order chi connectivity index (χ0) is 33.1. The second kappa shape index (κ2) is 13.2. The van der Waals surface area contributed by atoms with Gasteiger partial charge in [-0.3, -0.25) is 14.9 Å². The molecule has 0 atom stereocenters. The van der Waals surface area contributed by atoms with E-state index in [0.29, 0.717) is 17.9 Å². The monoisotopic (exact) mass is 632 g/mol. The van der Waals surface area contributed by atoms with Crippen LogP contribution in [0.25, 0.3) is 17.1 Å². The molecule has 0 radical (unpaired) electrons. The number of halogens is 3. The zero-order valence-electron chi connectivity index (χ0n) is 26.0. The maximum Gasteiger partial charge on any atom is 0.573 e. The third-order valence-corrected chi connectivity index (χ3v) is 7.63. The predicted octanol–water partition coefficient (Wildman–Crippen LogP) is 6.82. The van der Waals surface area contributed by atoms with Gasteiger partial charge in [0.05, 0.1) is 11.4 Å². The molecule has 0 spiro atoms. The number of benzene rings is 3. The Balaban J connectivity index is 1.16. The van der Waals surface area contributed by atoms with Crippen LogP contribution in [-0.4, -0.2) is 45.4 Å². The second-order valence-electron chi connectivity index (χ2n) is 12.2. The van der Waals surface area contributed by atoms with Crippen molar-refractivity contribution < 1.29 is 27.5 Å². The topological polar surface area (TPSA) is 102 Å². The summed E-state index contributed by atoms with van der Waals surface area (Å²) in [5, 5.41) is 7.32. The first kappa shape index (κ1) is 32.4. The normalized spacial score (nSPS) is 13.7. The molecule has 4 aromatic rings. The lowest BCUT2D eigenvalue weighted by molar-refractivity contribution is -0.274. The van der Waals surface area contributed by atoms with Gasteiger partial charge in [0.25, 0.3) is 5.91 Å². The SMILES string of the molecule is CC(C)c1ccccc1N1C(=O)CN=C1NC(=O)CCC(C)(C)Cc1ccc(-c2ncn(-c3ccc(OC(F)(F)F)cc3)n2)cc1.